The third-order valence-electron chi connectivity index (χ3n) is 2.42. The number of non-ortho nitro benzene ring substituents is 1. The third-order valence-corrected chi connectivity index (χ3v) is 3.94. The minimum Gasteiger partial charge on any atom is -0.312 e. The first-order valence-electron chi connectivity index (χ1n) is 5.26. The van der Waals surface area contributed by atoms with Crippen LogP contribution in [0.4, 0.5) is 10.7 Å². The number of nitrogens with zero attached hydrogens (tertiary/aromatic N) is 2. The molecule has 0 spiro atoms. The second-order valence-corrected chi connectivity index (χ2v) is 5.42. The SMILES string of the molecule is N#Cc1ccsc1NC(=O)c1cc([N+](=O)[O-])ccc1Br. The molecule has 0 bridgehead atoms. The van der Waals surface area contributed by atoms with Gasteiger partial charge in [-0.15, -0.1) is 11.3 Å². The maximum atomic E-state index is 12.1. The lowest BCUT2D eigenvalue weighted by atomic mass is 10.2. The highest BCUT2D eigenvalue weighted by Crippen LogP contribution is 2.26. The van der Waals surface area contributed by atoms with E-state index in [9.17, 15) is 14.9 Å². The molecule has 0 saturated heterocycles. The van der Waals surface area contributed by atoms with Crippen molar-refractivity contribution in [2.24, 2.45) is 0 Å². The Morgan fingerprint density at radius 1 is 1.45 bits per heavy atom. The number of hydrogen-bond acceptors (Lipinski definition) is 5. The Morgan fingerprint density at radius 3 is 2.85 bits per heavy atom. The highest BCUT2D eigenvalue weighted by molar-refractivity contribution is 9.10. The van der Waals surface area contributed by atoms with Gasteiger partial charge in [0.1, 0.15) is 11.1 Å². The van der Waals surface area contributed by atoms with Gasteiger partial charge in [0, 0.05) is 16.6 Å². The number of nitro benzene ring substituents is 1. The van der Waals surface area contributed by atoms with Crippen molar-refractivity contribution < 1.29 is 9.72 Å². The molecule has 1 aromatic carbocycles. The van der Waals surface area contributed by atoms with Crippen molar-refractivity contribution in [2.45, 2.75) is 0 Å². The number of hydrogen-bond donors (Lipinski definition) is 1. The Bertz CT molecular complexity index is 736. The highest BCUT2D eigenvalue weighted by atomic mass is 79.9. The van der Waals surface area contributed by atoms with Gasteiger partial charge in [-0.1, -0.05) is 0 Å². The molecule has 1 heterocycles. The van der Waals surface area contributed by atoms with Gasteiger partial charge in [-0.3, -0.25) is 14.9 Å². The predicted molar refractivity (Wildman–Crippen MR) is 77.8 cm³/mol. The van der Waals surface area contributed by atoms with Crippen LogP contribution in [0.2, 0.25) is 0 Å². The third kappa shape index (κ3) is 2.84. The van der Waals surface area contributed by atoms with E-state index in [1.54, 1.807) is 11.4 Å². The fourth-order valence-corrected chi connectivity index (χ4v) is 2.62. The number of anilines is 1. The average Bonchev–Trinajstić information content (AvgIpc) is 2.86. The van der Waals surface area contributed by atoms with Crippen LogP contribution in [0.15, 0.2) is 34.1 Å². The predicted octanol–water partition coefficient (Wildman–Crippen LogP) is 3.54. The lowest BCUT2D eigenvalue weighted by molar-refractivity contribution is -0.384. The fraction of sp³-hybridized carbons (Fsp3) is 0. The Labute approximate surface area is 125 Å². The maximum absolute atomic E-state index is 12.1. The van der Waals surface area contributed by atoms with Crippen LogP contribution in [0.5, 0.6) is 0 Å². The number of nitriles is 1. The molecule has 20 heavy (non-hydrogen) atoms. The molecule has 2 rings (SSSR count). The normalized spacial score (nSPS) is 9.80. The van der Waals surface area contributed by atoms with Crippen LogP contribution in [-0.4, -0.2) is 10.8 Å². The van der Waals surface area contributed by atoms with E-state index in [2.05, 4.69) is 21.2 Å². The molecule has 0 aliphatic heterocycles. The van der Waals surface area contributed by atoms with E-state index < -0.39 is 10.8 Å². The van der Waals surface area contributed by atoms with E-state index in [1.165, 1.54) is 29.5 Å². The second kappa shape index (κ2) is 5.81. The summed E-state index contributed by atoms with van der Waals surface area (Å²) in [6.07, 6.45) is 0. The van der Waals surface area contributed by atoms with Crippen molar-refractivity contribution in [1.29, 1.82) is 5.26 Å². The van der Waals surface area contributed by atoms with E-state index in [0.717, 1.165) is 0 Å². The van der Waals surface area contributed by atoms with Gasteiger partial charge < -0.3 is 5.32 Å². The van der Waals surface area contributed by atoms with Gasteiger partial charge in [0.2, 0.25) is 0 Å². The number of carbonyl (C=O) groups is 1. The topological polar surface area (TPSA) is 96.0 Å². The highest BCUT2D eigenvalue weighted by Gasteiger charge is 2.17. The van der Waals surface area contributed by atoms with Gasteiger partial charge in [0.15, 0.2) is 0 Å². The smallest absolute Gasteiger partial charge is 0.270 e. The van der Waals surface area contributed by atoms with Gasteiger partial charge >= 0.3 is 0 Å². The monoisotopic (exact) mass is 351 g/mol. The largest absolute Gasteiger partial charge is 0.312 e. The summed E-state index contributed by atoms with van der Waals surface area (Å²) in [5.41, 5.74) is 0.312. The zero-order valence-corrected chi connectivity index (χ0v) is 12.2. The van der Waals surface area contributed by atoms with E-state index in [0.29, 0.717) is 15.0 Å². The minimum atomic E-state index is -0.574. The van der Waals surface area contributed by atoms with Crippen LogP contribution in [0.25, 0.3) is 0 Å². The lowest BCUT2D eigenvalue weighted by Crippen LogP contribution is -2.12. The number of rotatable bonds is 3. The standard InChI is InChI=1S/C12H6BrN3O3S/c13-10-2-1-8(16(18)19)5-9(10)11(17)15-12-7(6-14)3-4-20-12/h1-5H,(H,15,17). The summed E-state index contributed by atoms with van der Waals surface area (Å²) in [4.78, 5) is 22.3. The van der Waals surface area contributed by atoms with Crippen molar-refractivity contribution in [3.8, 4) is 6.07 Å². The van der Waals surface area contributed by atoms with Crippen LogP contribution in [0, 0.1) is 21.4 Å². The Kier molecular flexibility index (Phi) is 4.12. The molecule has 1 aromatic heterocycles. The van der Waals surface area contributed by atoms with Gasteiger partial charge in [0.05, 0.1) is 16.1 Å². The minimum absolute atomic E-state index is 0.136. The van der Waals surface area contributed by atoms with E-state index in [-0.39, 0.29) is 11.3 Å². The van der Waals surface area contributed by atoms with Gasteiger partial charge in [-0.05, 0) is 33.4 Å². The van der Waals surface area contributed by atoms with E-state index >= 15 is 0 Å². The fourth-order valence-electron chi connectivity index (χ4n) is 1.47. The zero-order chi connectivity index (χ0) is 14.7. The summed E-state index contributed by atoms with van der Waals surface area (Å²) in [5.74, 6) is -0.514. The molecule has 1 N–H and O–H groups in total. The molecular weight excluding hydrogens is 346 g/mol. The number of nitrogens with one attached hydrogen (secondary N) is 1. The van der Waals surface area contributed by atoms with Crippen molar-refractivity contribution in [3.05, 3.63) is 55.4 Å². The molecule has 0 atom stereocenters. The average molecular weight is 352 g/mol. The summed E-state index contributed by atoms with van der Waals surface area (Å²) in [5, 5.41) is 24.3. The summed E-state index contributed by atoms with van der Waals surface area (Å²) in [6.45, 7) is 0. The Morgan fingerprint density at radius 2 is 2.20 bits per heavy atom. The molecular formula is C12H6BrN3O3S. The summed E-state index contributed by atoms with van der Waals surface area (Å²) < 4.78 is 0.440. The van der Waals surface area contributed by atoms with Gasteiger partial charge in [-0.2, -0.15) is 5.26 Å². The first-order chi connectivity index (χ1) is 9.52. The molecule has 6 nitrogen and oxygen atoms in total. The summed E-state index contributed by atoms with van der Waals surface area (Å²) >= 11 is 4.38. The molecule has 0 aliphatic rings. The molecule has 100 valence electrons. The van der Waals surface area contributed by atoms with Crippen LogP contribution in [-0.2, 0) is 0 Å². The maximum Gasteiger partial charge on any atom is 0.270 e. The van der Waals surface area contributed by atoms with Crippen molar-refractivity contribution in [1.82, 2.24) is 0 Å². The molecule has 8 heteroatoms. The van der Waals surface area contributed by atoms with Crippen molar-refractivity contribution in [3.63, 3.8) is 0 Å². The number of carbonyl (C=O) groups excluding carboxylic acids is 1. The summed E-state index contributed by atoms with van der Waals surface area (Å²) in [7, 11) is 0. The van der Waals surface area contributed by atoms with Gasteiger partial charge in [0.25, 0.3) is 11.6 Å². The van der Waals surface area contributed by atoms with Crippen molar-refractivity contribution >= 4 is 43.9 Å². The van der Waals surface area contributed by atoms with E-state index in [1.807, 2.05) is 6.07 Å². The molecule has 2 aromatic rings. The quantitative estimate of drug-likeness (QED) is 0.675. The molecule has 0 saturated carbocycles. The molecule has 0 fully saturated rings. The second-order valence-electron chi connectivity index (χ2n) is 3.65. The van der Waals surface area contributed by atoms with Crippen LogP contribution in [0.3, 0.4) is 0 Å². The number of amides is 1. The number of halogens is 1. The lowest BCUT2D eigenvalue weighted by Gasteiger charge is -2.05. The van der Waals surface area contributed by atoms with Crippen LogP contribution >= 0.6 is 27.3 Å². The molecule has 0 unspecified atom stereocenters. The zero-order valence-electron chi connectivity index (χ0n) is 9.79. The number of thiophene rings is 1. The van der Waals surface area contributed by atoms with Crippen LogP contribution < -0.4 is 5.32 Å². The molecule has 1 amide bonds. The molecule has 0 aliphatic carbocycles. The first kappa shape index (κ1) is 14.2. The van der Waals surface area contributed by atoms with Crippen molar-refractivity contribution in [2.75, 3.05) is 5.32 Å². The Hall–Kier alpha value is -2.24. The Balaban J connectivity index is 2.32. The number of benzene rings is 1. The number of nitro groups is 1. The van der Waals surface area contributed by atoms with Gasteiger partial charge in [-0.25, -0.2) is 0 Å². The van der Waals surface area contributed by atoms with E-state index in [4.69, 9.17) is 5.26 Å². The molecule has 0 radical (unpaired) electrons. The van der Waals surface area contributed by atoms with Crippen LogP contribution in [0.1, 0.15) is 15.9 Å². The summed E-state index contributed by atoms with van der Waals surface area (Å²) in [6, 6.07) is 7.45. The first-order valence-corrected chi connectivity index (χ1v) is 6.93.